The molecule has 0 aromatic heterocycles. The van der Waals surface area contributed by atoms with E-state index >= 15 is 0 Å². The highest BCUT2D eigenvalue weighted by atomic mass is 35.5. The number of hydrogen-bond donors (Lipinski definition) is 1. The third-order valence-corrected chi connectivity index (χ3v) is 3.55. The molecule has 0 saturated heterocycles. The van der Waals surface area contributed by atoms with Gasteiger partial charge in [-0.1, -0.05) is 23.2 Å². The van der Waals surface area contributed by atoms with E-state index in [2.05, 4.69) is 5.32 Å². The number of nitrogens with one attached hydrogen (secondary N) is 1. The first-order valence-corrected chi connectivity index (χ1v) is 7.16. The number of carbonyl (C=O) groups is 1. The minimum atomic E-state index is -0.582. The molecule has 1 N–H and O–H groups in total. The fraction of sp³-hybridized carbons (Fsp3) is 0.133. The van der Waals surface area contributed by atoms with E-state index in [4.69, 9.17) is 32.7 Å². The van der Waals surface area contributed by atoms with Gasteiger partial charge in [-0.3, -0.25) is 4.79 Å². The van der Waals surface area contributed by atoms with Gasteiger partial charge in [0.05, 0.1) is 10.7 Å². The zero-order valence-corrected chi connectivity index (χ0v) is 12.7. The lowest BCUT2D eigenvalue weighted by molar-refractivity contribution is 0.102. The van der Waals surface area contributed by atoms with Gasteiger partial charge in [0.2, 0.25) is 0 Å². The molecule has 4 nitrogen and oxygen atoms in total. The molecule has 3 rings (SSSR count). The molecule has 1 aliphatic heterocycles. The minimum Gasteiger partial charge on any atom is -0.486 e. The standard InChI is InChI=1S/C15H10Cl2FNO3/c16-9-1-2-11(18)12(7-9)19-15(20)8-5-10(17)14-13(6-8)21-3-4-22-14/h1-2,5-7H,3-4H2,(H,19,20). The van der Waals surface area contributed by atoms with Crippen LogP contribution in [0.2, 0.25) is 10.0 Å². The number of hydrogen-bond acceptors (Lipinski definition) is 3. The summed E-state index contributed by atoms with van der Waals surface area (Å²) in [6.07, 6.45) is 0. The Labute approximate surface area is 135 Å². The van der Waals surface area contributed by atoms with Crippen LogP contribution in [0, 0.1) is 5.82 Å². The third-order valence-electron chi connectivity index (χ3n) is 3.04. The SMILES string of the molecule is O=C(Nc1cc(Cl)ccc1F)c1cc(Cl)c2c(c1)OCCO2. The molecule has 2 aromatic rings. The smallest absolute Gasteiger partial charge is 0.255 e. The predicted molar refractivity (Wildman–Crippen MR) is 81.8 cm³/mol. The fourth-order valence-electron chi connectivity index (χ4n) is 2.03. The number of anilines is 1. The summed E-state index contributed by atoms with van der Waals surface area (Å²) in [6.45, 7) is 0.767. The van der Waals surface area contributed by atoms with Crippen LogP contribution in [0.25, 0.3) is 0 Å². The van der Waals surface area contributed by atoms with Gasteiger partial charge in [0.15, 0.2) is 11.5 Å². The van der Waals surface area contributed by atoms with Crippen LogP contribution in [0.15, 0.2) is 30.3 Å². The number of ether oxygens (including phenoxy) is 2. The minimum absolute atomic E-state index is 0.0106. The highest BCUT2D eigenvalue weighted by molar-refractivity contribution is 6.33. The van der Waals surface area contributed by atoms with E-state index in [9.17, 15) is 9.18 Å². The predicted octanol–water partition coefficient (Wildman–Crippen LogP) is 4.16. The first-order valence-electron chi connectivity index (χ1n) is 6.40. The van der Waals surface area contributed by atoms with E-state index in [1.165, 1.54) is 30.3 Å². The lowest BCUT2D eigenvalue weighted by Crippen LogP contribution is -2.18. The molecule has 0 fully saturated rings. The molecule has 0 unspecified atom stereocenters. The molecular weight excluding hydrogens is 332 g/mol. The maximum absolute atomic E-state index is 13.7. The summed E-state index contributed by atoms with van der Waals surface area (Å²) in [5.74, 6) is -0.324. The molecule has 7 heteroatoms. The second-order valence-electron chi connectivity index (χ2n) is 4.56. The highest BCUT2D eigenvalue weighted by Gasteiger charge is 2.20. The monoisotopic (exact) mass is 341 g/mol. The van der Waals surface area contributed by atoms with Crippen LogP contribution in [-0.4, -0.2) is 19.1 Å². The number of benzene rings is 2. The number of carbonyl (C=O) groups excluding carboxylic acids is 1. The summed E-state index contributed by atoms with van der Waals surface area (Å²) in [7, 11) is 0. The molecule has 0 aliphatic carbocycles. The Kier molecular flexibility index (Phi) is 4.09. The molecule has 0 saturated carbocycles. The van der Waals surface area contributed by atoms with Gasteiger partial charge in [0.1, 0.15) is 19.0 Å². The summed E-state index contributed by atoms with van der Waals surface area (Å²) in [5.41, 5.74) is 0.220. The first kappa shape index (κ1) is 14.9. The Morgan fingerprint density at radius 2 is 1.91 bits per heavy atom. The van der Waals surface area contributed by atoms with Crippen molar-refractivity contribution in [2.24, 2.45) is 0 Å². The maximum atomic E-state index is 13.7. The van der Waals surface area contributed by atoms with E-state index in [1.807, 2.05) is 0 Å². The second kappa shape index (κ2) is 6.02. The van der Waals surface area contributed by atoms with Crippen molar-refractivity contribution in [3.63, 3.8) is 0 Å². The van der Waals surface area contributed by atoms with Gasteiger partial charge in [0, 0.05) is 10.6 Å². The van der Waals surface area contributed by atoms with Crippen LogP contribution in [0.4, 0.5) is 10.1 Å². The van der Waals surface area contributed by atoms with Crippen molar-refractivity contribution in [1.82, 2.24) is 0 Å². The Morgan fingerprint density at radius 1 is 1.14 bits per heavy atom. The Morgan fingerprint density at radius 3 is 2.73 bits per heavy atom. The van der Waals surface area contributed by atoms with E-state index < -0.39 is 11.7 Å². The lowest BCUT2D eigenvalue weighted by Gasteiger charge is -2.20. The average Bonchev–Trinajstić information content (AvgIpc) is 2.51. The summed E-state index contributed by atoms with van der Waals surface area (Å²) >= 11 is 11.9. The molecule has 22 heavy (non-hydrogen) atoms. The zero-order chi connectivity index (χ0) is 15.7. The van der Waals surface area contributed by atoms with Crippen molar-refractivity contribution < 1.29 is 18.7 Å². The molecule has 1 amide bonds. The average molecular weight is 342 g/mol. The summed E-state index contributed by atoms with van der Waals surface area (Å²) in [5, 5.41) is 3.02. The Hall–Kier alpha value is -1.98. The van der Waals surface area contributed by atoms with Crippen LogP contribution in [-0.2, 0) is 0 Å². The van der Waals surface area contributed by atoms with E-state index in [-0.39, 0.29) is 16.3 Å². The molecule has 2 aromatic carbocycles. The topological polar surface area (TPSA) is 47.6 Å². The molecule has 0 atom stereocenters. The molecule has 1 aliphatic rings. The van der Waals surface area contributed by atoms with Gasteiger partial charge >= 0.3 is 0 Å². The molecule has 114 valence electrons. The largest absolute Gasteiger partial charge is 0.486 e. The van der Waals surface area contributed by atoms with Gasteiger partial charge < -0.3 is 14.8 Å². The van der Waals surface area contributed by atoms with Crippen molar-refractivity contribution in [2.75, 3.05) is 18.5 Å². The van der Waals surface area contributed by atoms with Gasteiger partial charge in [-0.05, 0) is 30.3 Å². The van der Waals surface area contributed by atoms with Gasteiger partial charge in [-0.2, -0.15) is 0 Å². The summed E-state index contributed by atoms with van der Waals surface area (Å²) < 4.78 is 24.4. The Bertz CT molecular complexity index is 752. The van der Waals surface area contributed by atoms with Crippen molar-refractivity contribution in [1.29, 1.82) is 0 Å². The molecule has 0 spiro atoms. The first-order chi connectivity index (χ1) is 10.5. The molecule has 1 heterocycles. The van der Waals surface area contributed by atoms with Crippen LogP contribution in [0.1, 0.15) is 10.4 Å². The maximum Gasteiger partial charge on any atom is 0.255 e. The number of amides is 1. The number of fused-ring (bicyclic) bond motifs is 1. The normalized spacial score (nSPS) is 12.9. The quantitative estimate of drug-likeness (QED) is 0.892. The van der Waals surface area contributed by atoms with Crippen LogP contribution < -0.4 is 14.8 Å². The summed E-state index contributed by atoms with van der Waals surface area (Å²) in [4.78, 5) is 12.2. The van der Waals surface area contributed by atoms with Crippen molar-refractivity contribution in [3.05, 3.63) is 51.8 Å². The zero-order valence-electron chi connectivity index (χ0n) is 11.2. The highest BCUT2D eigenvalue weighted by Crippen LogP contribution is 2.38. The number of halogens is 3. The van der Waals surface area contributed by atoms with E-state index in [0.29, 0.717) is 29.7 Å². The van der Waals surface area contributed by atoms with Crippen molar-refractivity contribution in [3.8, 4) is 11.5 Å². The van der Waals surface area contributed by atoms with E-state index in [1.54, 1.807) is 0 Å². The lowest BCUT2D eigenvalue weighted by atomic mass is 10.1. The van der Waals surface area contributed by atoms with Crippen LogP contribution >= 0.6 is 23.2 Å². The van der Waals surface area contributed by atoms with Gasteiger partial charge in [-0.15, -0.1) is 0 Å². The fourth-order valence-corrected chi connectivity index (χ4v) is 2.47. The van der Waals surface area contributed by atoms with Gasteiger partial charge in [-0.25, -0.2) is 4.39 Å². The second-order valence-corrected chi connectivity index (χ2v) is 5.40. The third kappa shape index (κ3) is 2.96. The van der Waals surface area contributed by atoms with Gasteiger partial charge in [0.25, 0.3) is 5.91 Å². The van der Waals surface area contributed by atoms with Crippen LogP contribution in [0.3, 0.4) is 0 Å². The molecule has 0 bridgehead atoms. The van der Waals surface area contributed by atoms with Crippen molar-refractivity contribution >= 4 is 34.8 Å². The molecule has 0 radical (unpaired) electrons. The van der Waals surface area contributed by atoms with Crippen LogP contribution in [0.5, 0.6) is 11.5 Å². The number of rotatable bonds is 2. The van der Waals surface area contributed by atoms with E-state index in [0.717, 1.165) is 0 Å². The Balaban J connectivity index is 1.89. The van der Waals surface area contributed by atoms with Crippen molar-refractivity contribution in [2.45, 2.75) is 0 Å². The summed E-state index contributed by atoms with van der Waals surface area (Å²) in [6, 6.07) is 6.83. The molecular formula is C15H10Cl2FNO3.